The van der Waals surface area contributed by atoms with Gasteiger partial charge < -0.3 is 20.9 Å². The number of halogens is 2. The van der Waals surface area contributed by atoms with Gasteiger partial charge in [0.15, 0.2) is 5.75 Å². The van der Waals surface area contributed by atoms with Gasteiger partial charge in [-0.05, 0) is 68.0 Å². The van der Waals surface area contributed by atoms with Gasteiger partial charge in [0.1, 0.15) is 16.5 Å². The molecule has 0 bridgehead atoms. The Hall–Kier alpha value is -4.38. The summed E-state index contributed by atoms with van der Waals surface area (Å²) in [7, 11) is 1.90. The Morgan fingerprint density at radius 1 is 0.940 bits per heavy atom. The molecule has 2 amide bonds. The number of nitrogens with zero attached hydrogens (tertiary/aromatic N) is 3. The average Bonchev–Trinajstić information content (AvgIpc) is 3.45. The summed E-state index contributed by atoms with van der Waals surface area (Å²) in [4.78, 5) is 43.7. The lowest BCUT2D eigenvalue weighted by Gasteiger charge is -2.18. The number of carbonyl (C=O) groups excluding carboxylic acids is 1. The highest BCUT2D eigenvalue weighted by Crippen LogP contribution is 2.38. The average molecular weight is 726 g/mol. The summed E-state index contributed by atoms with van der Waals surface area (Å²) in [5.74, 6) is -1.33. The molecule has 0 aliphatic heterocycles. The molecule has 5 rings (SSSR count). The van der Waals surface area contributed by atoms with Crippen molar-refractivity contribution in [1.29, 1.82) is 0 Å². The van der Waals surface area contributed by atoms with Crippen LogP contribution in [0.1, 0.15) is 24.5 Å². The molecule has 50 heavy (non-hydrogen) atoms. The zero-order valence-corrected chi connectivity index (χ0v) is 29.3. The van der Waals surface area contributed by atoms with E-state index in [-0.39, 0.29) is 27.6 Å². The molecule has 5 N–H and O–H groups in total. The van der Waals surface area contributed by atoms with Gasteiger partial charge in [-0.25, -0.2) is 22.9 Å². The molecule has 0 unspecified atom stereocenters. The normalized spacial score (nSPS) is 11.5. The van der Waals surface area contributed by atoms with E-state index in [1.54, 1.807) is 42.5 Å². The number of fused-ring (bicyclic) bond motifs is 1. The first-order chi connectivity index (χ1) is 24.1. The molecule has 0 aliphatic carbocycles. The number of nitrogens with one attached hydrogen (secondary N) is 3. The van der Waals surface area contributed by atoms with E-state index in [9.17, 15) is 14.4 Å². The first kappa shape index (κ1) is 36.9. The van der Waals surface area contributed by atoms with Gasteiger partial charge in [-0.15, -0.1) is 11.3 Å². The number of hydrogen-bond acceptors (Lipinski definition) is 8. The van der Waals surface area contributed by atoms with Crippen molar-refractivity contribution in [1.82, 2.24) is 24.7 Å². The first-order valence-electron chi connectivity index (χ1n) is 16.0. The van der Waals surface area contributed by atoms with Crippen molar-refractivity contribution in [2.24, 2.45) is 0 Å². The second kappa shape index (κ2) is 17.0. The van der Waals surface area contributed by atoms with Gasteiger partial charge in [-0.2, -0.15) is 9.11 Å². The molecule has 0 aliphatic rings. The molecule has 2 heterocycles. The Balaban J connectivity index is 1.65. The molecule has 0 atom stereocenters. The Labute approximate surface area is 294 Å². The maximum atomic E-state index is 15.0. The summed E-state index contributed by atoms with van der Waals surface area (Å²) in [6.45, 7) is 3.88. The van der Waals surface area contributed by atoms with Crippen LogP contribution in [0.25, 0.3) is 26.3 Å². The van der Waals surface area contributed by atoms with Gasteiger partial charge in [0.25, 0.3) is 5.56 Å². The summed E-state index contributed by atoms with van der Waals surface area (Å²) in [5, 5.41) is 8.99. The van der Waals surface area contributed by atoms with Gasteiger partial charge in [-0.1, -0.05) is 36.4 Å². The van der Waals surface area contributed by atoms with Crippen LogP contribution in [0.3, 0.4) is 0 Å². The summed E-state index contributed by atoms with van der Waals surface area (Å²) >= 11 is -0.410. The predicted molar refractivity (Wildman–Crippen MR) is 197 cm³/mol. The first-order valence-corrected chi connectivity index (χ1v) is 18.1. The van der Waals surface area contributed by atoms with Crippen LogP contribution in [0.4, 0.5) is 19.3 Å². The second-order valence-electron chi connectivity index (χ2n) is 11.6. The fraction of sp³-hybridized carbons (Fsp3) is 0.286. The van der Waals surface area contributed by atoms with E-state index in [1.165, 1.54) is 22.0 Å². The van der Waals surface area contributed by atoms with E-state index >= 15 is 8.78 Å². The van der Waals surface area contributed by atoms with E-state index in [0.29, 0.717) is 61.0 Å². The molecular formula is C35H39F2N6O5S2+. The maximum absolute atomic E-state index is 15.0. The van der Waals surface area contributed by atoms with Gasteiger partial charge in [0.2, 0.25) is 0 Å². The number of aromatic nitrogens is 2. The van der Waals surface area contributed by atoms with Crippen LogP contribution in [-0.2, 0) is 24.5 Å². The third-order valence-corrected chi connectivity index (χ3v) is 9.94. The van der Waals surface area contributed by atoms with Crippen molar-refractivity contribution in [3.05, 3.63) is 116 Å². The molecule has 11 nitrogen and oxygen atoms in total. The lowest BCUT2D eigenvalue weighted by Crippen LogP contribution is -2.39. The number of thiophene rings is 1. The summed E-state index contributed by atoms with van der Waals surface area (Å²) in [6.07, 6.45) is 0.600. The van der Waals surface area contributed by atoms with Crippen LogP contribution in [0.15, 0.2) is 82.4 Å². The van der Waals surface area contributed by atoms with E-state index < -0.39 is 40.9 Å². The number of likely N-dealkylation sites (N-methyl/N-ethyl adjacent to an activating group) is 1. The van der Waals surface area contributed by atoms with Crippen LogP contribution < -0.4 is 27.2 Å². The number of anilines is 1. The number of urea groups is 1. The molecule has 0 radical (unpaired) electrons. The van der Waals surface area contributed by atoms with Crippen LogP contribution in [0.5, 0.6) is 0 Å². The van der Waals surface area contributed by atoms with E-state index in [1.807, 2.05) is 31.0 Å². The topological polar surface area (TPSA) is 141 Å². The Morgan fingerprint density at radius 2 is 1.64 bits per heavy atom. The Bertz CT molecular complexity index is 2030. The standard InChI is InChI=1S/C35H38F2N6O5S2/c1-3-39-34(45)40-24-15-13-23(14-16-24)31-27(21-41(2)19-18-38-17-8-20-50(47)48)30-32(44)43(25-9-5-4-6-10-25)35(46)42(33(30)49-31)22-26-28(36)11-7-12-29(26)37/h4-7,9-16,38,47-48H,3,8,17-22H2,1-2H3,(H-,39,40,45)/p+1. The minimum Gasteiger partial charge on any atom is -0.338 e. The Morgan fingerprint density at radius 3 is 2.30 bits per heavy atom. The van der Waals surface area contributed by atoms with Crippen molar-refractivity contribution in [3.63, 3.8) is 0 Å². The van der Waals surface area contributed by atoms with Crippen molar-refractivity contribution < 1.29 is 22.7 Å². The third-order valence-electron chi connectivity index (χ3n) is 7.99. The monoisotopic (exact) mass is 725 g/mol. The highest BCUT2D eigenvalue weighted by molar-refractivity contribution is 7.85. The van der Waals surface area contributed by atoms with Gasteiger partial charge >= 0.3 is 23.2 Å². The van der Waals surface area contributed by atoms with E-state index in [0.717, 1.165) is 22.3 Å². The summed E-state index contributed by atoms with van der Waals surface area (Å²) in [5.41, 5.74) is 0.643. The fourth-order valence-electron chi connectivity index (χ4n) is 5.55. The van der Waals surface area contributed by atoms with E-state index in [4.69, 9.17) is 9.11 Å². The third kappa shape index (κ3) is 8.67. The highest BCUT2D eigenvalue weighted by atomic mass is 32.2. The minimum atomic E-state index is -1.60. The molecule has 2 aromatic heterocycles. The van der Waals surface area contributed by atoms with Gasteiger partial charge in [0, 0.05) is 48.7 Å². The van der Waals surface area contributed by atoms with Crippen molar-refractivity contribution >= 4 is 44.7 Å². The van der Waals surface area contributed by atoms with Crippen molar-refractivity contribution in [2.45, 2.75) is 26.4 Å². The van der Waals surface area contributed by atoms with Gasteiger partial charge in [0.05, 0.1) is 17.6 Å². The minimum absolute atomic E-state index is 0.257. The Kier molecular flexibility index (Phi) is 12.6. The number of benzene rings is 3. The number of para-hydroxylation sites is 1. The molecule has 5 aromatic rings. The molecule has 0 fully saturated rings. The fourth-order valence-corrected chi connectivity index (χ4v) is 7.25. The van der Waals surface area contributed by atoms with Crippen LogP contribution >= 0.6 is 11.3 Å². The van der Waals surface area contributed by atoms with Crippen molar-refractivity contribution in [3.8, 4) is 16.1 Å². The molecule has 0 saturated carbocycles. The van der Waals surface area contributed by atoms with Crippen LogP contribution in [-0.4, -0.2) is 68.2 Å². The SMILES string of the molecule is CCNC(=O)Nc1ccc(-c2sc3c(c2CN(C)CCNCCC[S+](O)O)c(=O)n(-c2ccccc2)c(=O)n3Cc2c(F)cccc2F)cc1. The summed E-state index contributed by atoms with van der Waals surface area (Å²) < 4.78 is 50.6. The van der Waals surface area contributed by atoms with Crippen LogP contribution in [0.2, 0.25) is 0 Å². The number of amides is 2. The number of rotatable bonds is 15. The lowest BCUT2D eigenvalue weighted by molar-refractivity contribution is 0.252. The molecule has 0 saturated heterocycles. The smallest absolute Gasteiger partial charge is 0.337 e. The molecule has 264 valence electrons. The highest BCUT2D eigenvalue weighted by Gasteiger charge is 2.25. The quantitative estimate of drug-likeness (QED) is 0.0727. The number of carbonyl (C=O) groups is 1. The zero-order valence-electron chi connectivity index (χ0n) is 27.6. The molecular weight excluding hydrogens is 687 g/mol. The second-order valence-corrected chi connectivity index (χ2v) is 13.7. The van der Waals surface area contributed by atoms with Crippen LogP contribution in [0, 0.1) is 11.6 Å². The van der Waals surface area contributed by atoms with Crippen molar-refractivity contribution in [2.75, 3.05) is 44.3 Å². The largest absolute Gasteiger partial charge is 0.338 e. The van der Waals surface area contributed by atoms with E-state index in [2.05, 4.69) is 16.0 Å². The lowest BCUT2D eigenvalue weighted by atomic mass is 10.1. The molecule has 0 spiro atoms. The molecule has 3 aromatic carbocycles. The molecule has 15 heteroatoms. The zero-order chi connectivity index (χ0) is 35.8. The predicted octanol–water partition coefficient (Wildman–Crippen LogP) is 5.32. The summed E-state index contributed by atoms with van der Waals surface area (Å²) in [6, 6.07) is 18.7. The number of hydrogen-bond donors (Lipinski definition) is 5. The van der Waals surface area contributed by atoms with Gasteiger partial charge in [-0.3, -0.25) is 9.36 Å². The maximum Gasteiger partial charge on any atom is 0.337 e.